The SMILES string of the molecule is CCc1ccc(C(C)NCC(=O)N2CCN(CC(=O)Nc3c(C)cccc3C)CC2)cc1. The van der Waals surface area contributed by atoms with Gasteiger partial charge < -0.3 is 15.5 Å². The van der Waals surface area contributed by atoms with Crippen LogP contribution in [0.1, 0.15) is 42.1 Å². The highest BCUT2D eigenvalue weighted by Crippen LogP contribution is 2.19. The van der Waals surface area contributed by atoms with E-state index in [0.29, 0.717) is 39.3 Å². The quantitative estimate of drug-likeness (QED) is 0.667. The summed E-state index contributed by atoms with van der Waals surface area (Å²) in [5.41, 5.74) is 5.54. The number of nitrogens with one attached hydrogen (secondary N) is 2. The van der Waals surface area contributed by atoms with Crippen LogP contribution in [-0.4, -0.2) is 60.9 Å². The molecule has 1 aliphatic rings. The van der Waals surface area contributed by atoms with Crippen LogP contribution in [0.25, 0.3) is 0 Å². The van der Waals surface area contributed by atoms with Gasteiger partial charge in [-0.05, 0) is 49.4 Å². The lowest BCUT2D eigenvalue weighted by atomic mass is 10.1. The molecule has 1 heterocycles. The van der Waals surface area contributed by atoms with Gasteiger partial charge in [-0.15, -0.1) is 0 Å². The molecular formula is C26H36N4O2. The number of hydrogen-bond acceptors (Lipinski definition) is 4. The lowest BCUT2D eigenvalue weighted by Gasteiger charge is -2.34. The number of rotatable bonds is 8. The molecule has 2 aromatic carbocycles. The van der Waals surface area contributed by atoms with Crippen LogP contribution in [0.5, 0.6) is 0 Å². The number of hydrogen-bond donors (Lipinski definition) is 2. The summed E-state index contributed by atoms with van der Waals surface area (Å²) in [6.45, 7) is 11.6. The Morgan fingerprint density at radius 3 is 2.19 bits per heavy atom. The lowest BCUT2D eigenvalue weighted by Crippen LogP contribution is -2.52. The largest absolute Gasteiger partial charge is 0.339 e. The molecule has 0 bridgehead atoms. The van der Waals surface area contributed by atoms with Gasteiger partial charge in [-0.3, -0.25) is 14.5 Å². The Kier molecular flexibility index (Phi) is 8.42. The summed E-state index contributed by atoms with van der Waals surface area (Å²) >= 11 is 0. The molecule has 1 fully saturated rings. The third-order valence-corrected chi connectivity index (χ3v) is 6.29. The van der Waals surface area contributed by atoms with E-state index in [9.17, 15) is 9.59 Å². The number of para-hydroxylation sites is 1. The van der Waals surface area contributed by atoms with Crippen molar-refractivity contribution in [2.75, 3.05) is 44.6 Å². The van der Waals surface area contributed by atoms with Crippen molar-refractivity contribution in [1.29, 1.82) is 0 Å². The van der Waals surface area contributed by atoms with Crippen molar-refractivity contribution in [2.45, 2.75) is 40.2 Å². The molecule has 6 heteroatoms. The summed E-state index contributed by atoms with van der Waals surface area (Å²) in [5.74, 6) is 0.105. The number of piperazine rings is 1. The van der Waals surface area contributed by atoms with Gasteiger partial charge in [0, 0.05) is 37.9 Å². The molecular weight excluding hydrogens is 400 g/mol. The monoisotopic (exact) mass is 436 g/mol. The molecule has 2 amide bonds. The fourth-order valence-corrected chi connectivity index (χ4v) is 4.06. The Hall–Kier alpha value is -2.70. The first kappa shape index (κ1) is 24.0. The van der Waals surface area contributed by atoms with E-state index in [1.165, 1.54) is 11.1 Å². The minimum Gasteiger partial charge on any atom is -0.339 e. The zero-order valence-electron chi connectivity index (χ0n) is 19.8. The van der Waals surface area contributed by atoms with Crippen molar-refractivity contribution < 1.29 is 9.59 Å². The van der Waals surface area contributed by atoms with Gasteiger partial charge in [0.1, 0.15) is 0 Å². The molecule has 0 aromatic heterocycles. The maximum Gasteiger partial charge on any atom is 0.238 e. The van der Waals surface area contributed by atoms with E-state index >= 15 is 0 Å². The van der Waals surface area contributed by atoms with Crippen LogP contribution in [0.3, 0.4) is 0 Å². The van der Waals surface area contributed by atoms with Gasteiger partial charge in [-0.1, -0.05) is 49.4 Å². The highest BCUT2D eigenvalue weighted by atomic mass is 16.2. The standard InChI is InChI=1S/C26H36N4O2/c1-5-22-9-11-23(12-10-22)21(4)27-17-25(32)30-15-13-29(14-16-30)18-24(31)28-26-19(2)7-6-8-20(26)3/h6-12,21,27H,5,13-18H2,1-4H3,(H,28,31). The zero-order chi connectivity index (χ0) is 23.1. The Bertz CT molecular complexity index is 898. The average molecular weight is 437 g/mol. The second kappa shape index (κ2) is 11.2. The van der Waals surface area contributed by atoms with Crippen LogP contribution in [0.15, 0.2) is 42.5 Å². The third kappa shape index (κ3) is 6.40. The normalized spacial score (nSPS) is 15.4. The van der Waals surface area contributed by atoms with Crippen LogP contribution in [0.2, 0.25) is 0 Å². The minimum absolute atomic E-state index is 0.00763. The Balaban J connectivity index is 1.40. The van der Waals surface area contributed by atoms with Gasteiger partial charge >= 0.3 is 0 Å². The summed E-state index contributed by atoms with van der Waals surface area (Å²) in [6, 6.07) is 14.7. The summed E-state index contributed by atoms with van der Waals surface area (Å²) < 4.78 is 0. The average Bonchev–Trinajstić information content (AvgIpc) is 2.80. The van der Waals surface area contributed by atoms with Gasteiger partial charge in [0.2, 0.25) is 11.8 Å². The molecule has 172 valence electrons. The van der Waals surface area contributed by atoms with Crippen molar-refractivity contribution in [1.82, 2.24) is 15.1 Å². The zero-order valence-corrected chi connectivity index (χ0v) is 19.8. The van der Waals surface area contributed by atoms with Gasteiger partial charge in [-0.25, -0.2) is 0 Å². The van der Waals surface area contributed by atoms with E-state index in [2.05, 4.69) is 53.6 Å². The predicted molar refractivity (Wildman–Crippen MR) is 130 cm³/mol. The van der Waals surface area contributed by atoms with Crippen molar-refractivity contribution in [3.05, 3.63) is 64.7 Å². The molecule has 32 heavy (non-hydrogen) atoms. The molecule has 0 aliphatic carbocycles. The molecule has 3 rings (SSSR count). The fourth-order valence-electron chi connectivity index (χ4n) is 4.06. The maximum atomic E-state index is 12.6. The van der Waals surface area contributed by atoms with Crippen LogP contribution in [0.4, 0.5) is 5.69 Å². The highest BCUT2D eigenvalue weighted by Gasteiger charge is 2.23. The molecule has 1 saturated heterocycles. The summed E-state index contributed by atoms with van der Waals surface area (Å²) in [7, 11) is 0. The molecule has 1 aliphatic heterocycles. The topological polar surface area (TPSA) is 64.7 Å². The predicted octanol–water partition coefficient (Wildman–Crippen LogP) is 3.30. The van der Waals surface area contributed by atoms with Gasteiger partial charge in [0.15, 0.2) is 0 Å². The first-order valence-electron chi connectivity index (χ1n) is 11.6. The number of anilines is 1. The highest BCUT2D eigenvalue weighted by molar-refractivity contribution is 5.93. The molecule has 0 saturated carbocycles. The van der Waals surface area contributed by atoms with Crippen LogP contribution in [0, 0.1) is 13.8 Å². The number of carbonyl (C=O) groups excluding carboxylic acids is 2. The molecule has 1 unspecified atom stereocenters. The van der Waals surface area contributed by atoms with Crippen LogP contribution < -0.4 is 10.6 Å². The van der Waals surface area contributed by atoms with E-state index in [1.54, 1.807) is 0 Å². The molecule has 1 atom stereocenters. The number of nitrogens with zero attached hydrogens (tertiary/aromatic N) is 2. The molecule has 0 spiro atoms. The third-order valence-electron chi connectivity index (χ3n) is 6.29. The van der Waals surface area contributed by atoms with Gasteiger partial charge in [0.05, 0.1) is 13.1 Å². The van der Waals surface area contributed by atoms with Crippen molar-refractivity contribution in [2.24, 2.45) is 0 Å². The molecule has 2 N–H and O–H groups in total. The molecule has 0 radical (unpaired) electrons. The van der Waals surface area contributed by atoms with E-state index in [1.807, 2.05) is 36.9 Å². The van der Waals surface area contributed by atoms with E-state index < -0.39 is 0 Å². The fraction of sp³-hybridized carbons (Fsp3) is 0.462. The van der Waals surface area contributed by atoms with Crippen LogP contribution >= 0.6 is 0 Å². The van der Waals surface area contributed by atoms with E-state index in [4.69, 9.17) is 0 Å². The second-order valence-corrected chi connectivity index (χ2v) is 8.67. The van der Waals surface area contributed by atoms with Crippen LogP contribution in [-0.2, 0) is 16.0 Å². The first-order valence-corrected chi connectivity index (χ1v) is 11.6. The Morgan fingerprint density at radius 1 is 0.969 bits per heavy atom. The summed E-state index contributed by atoms with van der Waals surface area (Å²) in [6.07, 6.45) is 1.03. The van der Waals surface area contributed by atoms with Crippen molar-refractivity contribution >= 4 is 17.5 Å². The summed E-state index contributed by atoms with van der Waals surface area (Å²) in [5, 5.41) is 6.39. The maximum absolute atomic E-state index is 12.6. The molecule has 6 nitrogen and oxygen atoms in total. The van der Waals surface area contributed by atoms with E-state index in [0.717, 1.165) is 23.2 Å². The Labute approximate surface area is 192 Å². The number of benzene rings is 2. The molecule has 2 aromatic rings. The second-order valence-electron chi connectivity index (χ2n) is 8.67. The smallest absolute Gasteiger partial charge is 0.238 e. The number of carbonyl (C=O) groups is 2. The Morgan fingerprint density at radius 2 is 1.59 bits per heavy atom. The van der Waals surface area contributed by atoms with Crippen molar-refractivity contribution in [3.8, 4) is 0 Å². The number of amides is 2. The first-order chi connectivity index (χ1) is 15.4. The van der Waals surface area contributed by atoms with Gasteiger partial charge in [0.25, 0.3) is 0 Å². The minimum atomic E-state index is -0.00763. The van der Waals surface area contributed by atoms with Crippen molar-refractivity contribution in [3.63, 3.8) is 0 Å². The number of aryl methyl sites for hydroxylation is 3. The van der Waals surface area contributed by atoms with E-state index in [-0.39, 0.29) is 17.9 Å². The summed E-state index contributed by atoms with van der Waals surface area (Å²) in [4.78, 5) is 29.2. The lowest BCUT2D eigenvalue weighted by molar-refractivity contribution is -0.132. The van der Waals surface area contributed by atoms with Gasteiger partial charge in [-0.2, -0.15) is 0 Å².